The first-order chi connectivity index (χ1) is 11.6. The number of hydrogen-bond acceptors (Lipinski definition) is 4. The number of nitrogens with zero attached hydrogens (tertiary/aromatic N) is 1. The molecule has 1 aromatic heterocycles. The van der Waals surface area contributed by atoms with Crippen molar-refractivity contribution in [1.82, 2.24) is 10.5 Å². The third-order valence-corrected chi connectivity index (χ3v) is 5.42. The van der Waals surface area contributed by atoms with Crippen molar-refractivity contribution in [3.8, 4) is 5.75 Å². The average Bonchev–Trinajstić information content (AvgIpc) is 3.18. The van der Waals surface area contributed by atoms with Crippen molar-refractivity contribution in [2.75, 3.05) is 7.11 Å². The molecule has 1 aliphatic carbocycles. The molecule has 0 amide bonds. The van der Waals surface area contributed by atoms with Crippen LogP contribution in [0.1, 0.15) is 47.4 Å². The summed E-state index contributed by atoms with van der Waals surface area (Å²) in [5, 5.41) is 7.79. The molecular formula is C20H28N2O2. The first-order valence-corrected chi connectivity index (χ1v) is 8.87. The number of rotatable bonds is 6. The fraction of sp³-hybridized carbons (Fsp3) is 0.550. The molecule has 1 aliphatic rings. The molecule has 0 unspecified atom stereocenters. The van der Waals surface area contributed by atoms with Crippen LogP contribution in [0.3, 0.4) is 0 Å². The predicted octanol–water partition coefficient (Wildman–Crippen LogP) is 4.11. The normalized spacial score (nSPS) is 20.5. The lowest BCUT2D eigenvalue weighted by Crippen LogP contribution is -2.33. The summed E-state index contributed by atoms with van der Waals surface area (Å²) in [6.45, 7) is 7.19. The second kappa shape index (κ2) is 7.39. The van der Waals surface area contributed by atoms with Crippen LogP contribution in [-0.4, -0.2) is 18.3 Å². The van der Waals surface area contributed by atoms with Crippen molar-refractivity contribution < 1.29 is 9.26 Å². The Morgan fingerprint density at radius 1 is 1.21 bits per heavy atom. The highest BCUT2D eigenvalue weighted by molar-refractivity contribution is 5.43. The Bertz CT molecular complexity index is 693. The van der Waals surface area contributed by atoms with Crippen molar-refractivity contribution in [2.24, 2.45) is 5.92 Å². The summed E-state index contributed by atoms with van der Waals surface area (Å²) in [6, 6.07) is 6.87. The number of benzene rings is 1. The van der Waals surface area contributed by atoms with E-state index in [0.717, 1.165) is 30.2 Å². The molecule has 3 rings (SSSR count). The molecule has 0 bridgehead atoms. The monoisotopic (exact) mass is 328 g/mol. The summed E-state index contributed by atoms with van der Waals surface area (Å²) in [5.74, 6) is 2.62. The fourth-order valence-electron chi connectivity index (χ4n) is 3.83. The van der Waals surface area contributed by atoms with E-state index >= 15 is 0 Å². The quantitative estimate of drug-likeness (QED) is 0.867. The zero-order valence-corrected chi connectivity index (χ0v) is 15.2. The van der Waals surface area contributed by atoms with Gasteiger partial charge in [0.25, 0.3) is 0 Å². The number of hydrogen-bond donors (Lipinski definition) is 1. The van der Waals surface area contributed by atoms with Gasteiger partial charge in [-0.3, -0.25) is 0 Å². The van der Waals surface area contributed by atoms with E-state index in [1.807, 2.05) is 6.92 Å². The number of methoxy groups -OCH3 is 1. The summed E-state index contributed by atoms with van der Waals surface area (Å²) in [5.41, 5.74) is 4.88. The van der Waals surface area contributed by atoms with Crippen molar-refractivity contribution in [1.29, 1.82) is 0 Å². The van der Waals surface area contributed by atoms with Gasteiger partial charge in [-0.15, -0.1) is 0 Å². The largest absolute Gasteiger partial charge is 0.496 e. The predicted molar refractivity (Wildman–Crippen MR) is 95.4 cm³/mol. The van der Waals surface area contributed by atoms with Gasteiger partial charge in [-0.05, 0) is 62.3 Å². The van der Waals surface area contributed by atoms with Gasteiger partial charge >= 0.3 is 0 Å². The number of nitrogens with one attached hydrogen (secondary N) is 1. The Kier molecular flexibility index (Phi) is 5.24. The summed E-state index contributed by atoms with van der Waals surface area (Å²) in [7, 11) is 1.73. The SMILES string of the molecule is COc1ccc(CN[C@@H]2CCC[C@H]2Cc2cc(C)no2)c(C)c1C. The molecule has 130 valence electrons. The number of ether oxygens (including phenoxy) is 1. The van der Waals surface area contributed by atoms with E-state index in [1.165, 1.54) is 36.0 Å². The van der Waals surface area contributed by atoms with Gasteiger partial charge in [0.05, 0.1) is 12.8 Å². The summed E-state index contributed by atoms with van der Waals surface area (Å²) < 4.78 is 10.8. The van der Waals surface area contributed by atoms with Crippen LogP contribution in [0.25, 0.3) is 0 Å². The first kappa shape index (κ1) is 17.0. The fourth-order valence-corrected chi connectivity index (χ4v) is 3.83. The van der Waals surface area contributed by atoms with E-state index in [9.17, 15) is 0 Å². The molecule has 1 saturated carbocycles. The zero-order chi connectivity index (χ0) is 17.1. The van der Waals surface area contributed by atoms with Crippen LogP contribution in [0.5, 0.6) is 5.75 Å². The molecule has 0 saturated heterocycles. The van der Waals surface area contributed by atoms with E-state index in [2.05, 4.69) is 42.5 Å². The van der Waals surface area contributed by atoms with Gasteiger partial charge in [-0.2, -0.15) is 0 Å². The minimum absolute atomic E-state index is 0.553. The van der Waals surface area contributed by atoms with E-state index in [1.54, 1.807) is 7.11 Å². The smallest absolute Gasteiger partial charge is 0.137 e. The topological polar surface area (TPSA) is 47.3 Å². The molecule has 1 aromatic carbocycles. The summed E-state index contributed by atoms with van der Waals surface area (Å²) in [6.07, 6.45) is 4.78. The molecule has 4 heteroatoms. The lowest BCUT2D eigenvalue weighted by molar-refractivity contribution is 0.329. The third-order valence-electron chi connectivity index (χ3n) is 5.42. The molecule has 24 heavy (non-hydrogen) atoms. The van der Waals surface area contributed by atoms with Gasteiger partial charge in [-0.25, -0.2) is 0 Å². The zero-order valence-electron chi connectivity index (χ0n) is 15.2. The van der Waals surface area contributed by atoms with E-state index < -0.39 is 0 Å². The molecule has 2 atom stereocenters. The summed E-state index contributed by atoms with van der Waals surface area (Å²) >= 11 is 0. The Balaban J connectivity index is 1.62. The second-order valence-corrected chi connectivity index (χ2v) is 6.99. The molecule has 1 N–H and O–H groups in total. The van der Waals surface area contributed by atoms with Gasteiger partial charge in [0.2, 0.25) is 0 Å². The highest BCUT2D eigenvalue weighted by atomic mass is 16.5. The Morgan fingerprint density at radius 2 is 2.04 bits per heavy atom. The lowest BCUT2D eigenvalue weighted by Gasteiger charge is -2.21. The average molecular weight is 328 g/mol. The molecule has 0 radical (unpaired) electrons. The van der Waals surface area contributed by atoms with Gasteiger partial charge in [-0.1, -0.05) is 17.6 Å². The van der Waals surface area contributed by atoms with Crippen LogP contribution in [-0.2, 0) is 13.0 Å². The number of aryl methyl sites for hydroxylation is 1. The molecule has 1 heterocycles. The number of aromatic nitrogens is 1. The van der Waals surface area contributed by atoms with E-state index in [4.69, 9.17) is 9.26 Å². The van der Waals surface area contributed by atoms with Crippen LogP contribution >= 0.6 is 0 Å². The minimum atomic E-state index is 0.553. The summed E-state index contributed by atoms with van der Waals surface area (Å²) in [4.78, 5) is 0. The molecule has 0 aliphatic heterocycles. The maximum atomic E-state index is 5.41. The van der Waals surface area contributed by atoms with Crippen LogP contribution in [0.15, 0.2) is 22.7 Å². The van der Waals surface area contributed by atoms with Gasteiger partial charge in [0.15, 0.2) is 0 Å². The molecule has 1 fully saturated rings. The second-order valence-electron chi connectivity index (χ2n) is 6.99. The Morgan fingerprint density at radius 3 is 2.75 bits per heavy atom. The molecule has 2 aromatic rings. The first-order valence-electron chi connectivity index (χ1n) is 8.87. The van der Waals surface area contributed by atoms with E-state index in [-0.39, 0.29) is 0 Å². The molecular weight excluding hydrogens is 300 g/mol. The molecule has 4 nitrogen and oxygen atoms in total. The Hall–Kier alpha value is -1.81. The van der Waals surface area contributed by atoms with Crippen LogP contribution in [0, 0.1) is 26.7 Å². The minimum Gasteiger partial charge on any atom is -0.496 e. The van der Waals surface area contributed by atoms with Crippen molar-refractivity contribution in [2.45, 2.75) is 59.0 Å². The molecule has 0 spiro atoms. The standard InChI is InChI=1S/C20H28N2O2/c1-13-10-18(24-22-13)11-16-6-5-7-19(16)21-12-17-8-9-20(23-4)15(3)14(17)2/h8-10,16,19,21H,5-7,11-12H2,1-4H3/t16-,19+/m0/s1. The van der Waals surface area contributed by atoms with Gasteiger partial charge in [0.1, 0.15) is 11.5 Å². The Labute approximate surface area is 144 Å². The van der Waals surface area contributed by atoms with Crippen molar-refractivity contribution >= 4 is 0 Å². The van der Waals surface area contributed by atoms with Crippen LogP contribution in [0.2, 0.25) is 0 Å². The van der Waals surface area contributed by atoms with Crippen molar-refractivity contribution in [3.05, 3.63) is 46.3 Å². The van der Waals surface area contributed by atoms with Gasteiger partial charge in [0, 0.05) is 25.1 Å². The maximum absolute atomic E-state index is 5.41. The maximum Gasteiger partial charge on any atom is 0.137 e. The van der Waals surface area contributed by atoms with Crippen LogP contribution in [0.4, 0.5) is 0 Å². The van der Waals surface area contributed by atoms with E-state index in [0.29, 0.717) is 12.0 Å². The highest BCUT2D eigenvalue weighted by Crippen LogP contribution is 2.30. The third kappa shape index (κ3) is 3.64. The van der Waals surface area contributed by atoms with Crippen LogP contribution < -0.4 is 10.1 Å². The highest BCUT2D eigenvalue weighted by Gasteiger charge is 2.28. The lowest BCUT2D eigenvalue weighted by atomic mass is 9.97. The van der Waals surface area contributed by atoms with Gasteiger partial charge < -0.3 is 14.6 Å². The van der Waals surface area contributed by atoms with Crippen molar-refractivity contribution in [3.63, 3.8) is 0 Å².